The number of nitrogens with one attached hydrogen (secondary N) is 2. The molecule has 1 saturated heterocycles. The summed E-state index contributed by atoms with van der Waals surface area (Å²) >= 11 is 1.71. The second kappa shape index (κ2) is 10.8. The van der Waals surface area contributed by atoms with Crippen molar-refractivity contribution in [3.05, 3.63) is 16.1 Å². The number of aliphatic imine (C=N–C) groups is 1. The summed E-state index contributed by atoms with van der Waals surface area (Å²) in [6.45, 7) is 15.6. The summed E-state index contributed by atoms with van der Waals surface area (Å²) in [5.41, 5.74) is 1.27. The number of rotatable bonds is 6. The highest BCUT2D eigenvalue weighted by atomic mass is 127. The van der Waals surface area contributed by atoms with Crippen LogP contribution in [0.4, 0.5) is 0 Å². The van der Waals surface area contributed by atoms with E-state index in [1.54, 1.807) is 11.3 Å². The van der Waals surface area contributed by atoms with Crippen molar-refractivity contribution in [3.8, 4) is 0 Å². The maximum Gasteiger partial charge on any atom is 0.191 e. The van der Waals surface area contributed by atoms with E-state index < -0.39 is 0 Å². The Morgan fingerprint density at radius 2 is 1.96 bits per heavy atom. The van der Waals surface area contributed by atoms with Gasteiger partial charge in [0, 0.05) is 50.6 Å². The summed E-state index contributed by atoms with van der Waals surface area (Å²) in [5, 5.41) is 10.2. The van der Waals surface area contributed by atoms with Crippen LogP contribution in [-0.4, -0.2) is 54.6 Å². The molecule has 2 N–H and O–H groups in total. The van der Waals surface area contributed by atoms with Gasteiger partial charge in [-0.2, -0.15) is 0 Å². The summed E-state index contributed by atoms with van der Waals surface area (Å²) in [6.07, 6.45) is 2.27. The standard InChI is InChI=1S/C19H35N5S.HI/c1-14-9-15(2)11-24(10-14)19(4,5)13-22-18(20-6)21-8-7-17-12-25-16(3)23-17;/h12,14-15H,7-11,13H2,1-6H3,(H2,20,21,22);1H. The van der Waals surface area contributed by atoms with E-state index in [1.807, 2.05) is 14.0 Å². The Hall–Kier alpha value is -0.410. The molecule has 5 nitrogen and oxygen atoms in total. The van der Waals surface area contributed by atoms with Crippen molar-refractivity contribution in [1.29, 1.82) is 0 Å². The predicted molar refractivity (Wildman–Crippen MR) is 124 cm³/mol. The van der Waals surface area contributed by atoms with Crippen LogP contribution in [-0.2, 0) is 6.42 Å². The lowest BCUT2D eigenvalue weighted by Crippen LogP contribution is -2.57. The summed E-state index contributed by atoms with van der Waals surface area (Å²) < 4.78 is 0. The average molecular weight is 494 g/mol. The third kappa shape index (κ3) is 7.31. The molecule has 2 atom stereocenters. The molecular weight excluding hydrogens is 457 g/mol. The van der Waals surface area contributed by atoms with Crippen LogP contribution in [0.5, 0.6) is 0 Å². The van der Waals surface area contributed by atoms with E-state index in [2.05, 4.69) is 58.6 Å². The largest absolute Gasteiger partial charge is 0.356 e. The first-order valence-corrected chi connectivity index (χ1v) is 10.3. The Balaban J connectivity index is 0.00000338. The van der Waals surface area contributed by atoms with Gasteiger partial charge < -0.3 is 10.6 Å². The minimum absolute atomic E-state index is 0. The lowest BCUT2D eigenvalue weighted by atomic mass is 9.88. The van der Waals surface area contributed by atoms with Gasteiger partial charge in [-0.1, -0.05) is 13.8 Å². The van der Waals surface area contributed by atoms with Crippen molar-refractivity contribution in [3.63, 3.8) is 0 Å². The number of halogens is 1. The second-order valence-electron chi connectivity index (χ2n) is 8.12. The van der Waals surface area contributed by atoms with Gasteiger partial charge in [-0.25, -0.2) is 4.98 Å². The first kappa shape index (κ1) is 23.6. The van der Waals surface area contributed by atoms with Crippen LogP contribution in [0.3, 0.4) is 0 Å². The number of hydrogen-bond donors (Lipinski definition) is 2. The zero-order valence-corrected chi connectivity index (χ0v) is 20.3. The van der Waals surface area contributed by atoms with Gasteiger partial charge in [-0.15, -0.1) is 35.3 Å². The van der Waals surface area contributed by atoms with Crippen LogP contribution in [0.25, 0.3) is 0 Å². The smallest absolute Gasteiger partial charge is 0.191 e. The summed E-state index contributed by atoms with van der Waals surface area (Å²) in [7, 11) is 1.83. The molecular formula is C19H36IN5S. The third-order valence-electron chi connectivity index (χ3n) is 4.98. The zero-order valence-electron chi connectivity index (χ0n) is 17.1. The van der Waals surface area contributed by atoms with Crippen LogP contribution in [0, 0.1) is 18.8 Å². The molecule has 0 saturated carbocycles. The lowest BCUT2D eigenvalue weighted by Gasteiger charge is -2.45. The van der Waals surface area contributed by atoms with E-state index in [4.69, 9.17) is 0 Å². The van der Waals surface area contributed by atoms with Crippen molar-refractivity contribution in [2.24, 2.45) is 16.8 Å². The van der Waals surface area contributed by atoms with Crippen molar-refractivity contribution >= 4 is 41.3 Å². The molecule has 1 aromatic rings. The Kier molecular flexibility index (Phi) is 9.82. The number of likely N-dealkylation sites (tertiary alicyclic amines) is 1. The molecule has 0 amide bonds. The Bertz CT molecular complexity index is 562. The number of hydrogen-bond acceptors (Lipinski definition) is 4. The number of aryl methyl sites for hydroxylation is 1. The molecule has 2 unspecified atom stereocenters. The molecule has 1 aromatic heterocycles. The molecule has 0 aliphatic carbocycles. The van der Waals surface area contributed by atoms with Crippen molar-refractivity contribution < 1.29 is 0 Å². The molecule has 0 bridgehead atoms. The molecule has 1 fully saturated rings. The van der Waals surface area contributed by atoms with Gasteiger partial charge in [0.15, 0.2) is 5.96 Å². The van der Waals surface area contributed by atoms with E-state index in [9.17, 15) is 0 Å². The fourth-order valence-electron chi connectivity index (χ4n) is 3.62. The molecule has 0 radical (unpaired) electrons. The van der Waals surface area contributed by atoms with Gasteiger partial charge >= 0.3 is 0 Å². The number of guanidine groups is 1. The minimum atomic E-state index is 0. The number of aromatic nitrogens is 1. The fraction of sp³-hybridized carbons (Fsp3) is 0.789. The summed E-state index contributed by atoms with van der Waals surface area (Å²) in [5.74, 6) is 2.43. The highest BCUT2D eigenvalue weighted by Gasteiger charge is 2.32. The van der Waals surface area contributed by atoms with Gasteiger partial charge in [0.1, 0.15) is 0 Å². The van der Waals surface area contributed by atoms with Crippen LogP contribution in [0.2, 0.25) is 0 Å². The van der Waals surface area contributed by atoms with Crippen molar-refractivity contribution in [2.45, 2.75) is 53.0 Å². The zero-order chi connectivity index (χ0) is 18.4. The highest BCUT2D eigenvalue weighted by Crippen LogP contribution is 2.26. The molecule has 0 spiro atoms. The van der Waals surface area contributed by atoms with E-state index >= 15 is 0 Å². The molecule has 150 valence electrons. The maximum atomic E-state index is 4.51. The quantitative estimate of drug-likeness (QED) is 0.362. The molecule has 26 heavy (non-hydrogen) atoms. The Labute approximate surface area is 180 Å². The molecule has 1 aliphatic rings. The van der Waals surface area contributed by atoms with E-state index in [-0.39, 0.29) is 29.5 Å². The summed E-state index contributed by atoms with van der Waals surface area (Å²) in [4.78, 5) is 11.5. The van der Waals surface area contributed by atoms with Gasteiger partial charge in [0.05, 0.1) is 10.7 Å². The van der Waals surface area contributed by atoms with Crippen molar-refractivity contribution in [2.75, 3.05) is 33.2 Å². The molecule has 0 aromatic carbocycles. The molecule has 1 aliphatic heterocycles. The normalized spacial score (nSPS) is 22.0. The van der Waals surface area contributed by atoms with Gasteiger partial charge in [0.2, 0.25) is 0 Å². The highest BCUT2D eigenvalue weighted by molar-refractivity contribution is 14.0. The van der Waals surface area contributed by atoms with E-state index in [0.29, 0.717) is 0 Å². The fourth-order valence-corrected chi connectivity index (χ4v) is 4.27. The number of nitrogens with zero attached hydrogens (tertiary/aromatic N) is 3. The van der Waals surface area contributed by atoms with Gasteiger partial charge in [0.25, 0.3) is 0 Å². The SMILES string of the molecule is CN=C(NCCc1csc(C)n1)NCC(C)(C)N1CC(C)CC(C)C1.I. The van der Waals surface area contributed by atoms with Crippen LogP contribution in [0.1, 0.15) is 44.8 Å². The molecule has 7 heteroatoms. The average Bonchev–Trinajstić information content (AvgIpc) is 2.95. The summed E-state index contributed by atoms with van der Waals surface area (Å²) in [6, 6.07) is 0. The first-order valence-electron chi connectivity index (χ1n) is 9.40. The number of piperidine rings is 1. The second-order valence-corrected chi connectivity index (χ2v) is 9.19. The Morgan fingerprint density at radius 1 is 1.31 bits per heavy atom. The minimum Gasteiger partial charge on any atom is -0.356 e. The van der Waals surface area contributed by atoms with E-state index in [1.165, 1.54) is 19.5 Å². The van der Waals surface area contributed by atoms with Crippen molar-refractivity contribution in [1.82, 2.24) is 20.5 Å². The monoisotopic (exact) mass is 493 g/mol. The Morgan fingerprint density at radius 3 is 2.50 bits per heavy atom. The van der Waals surface area contributed by atoms with Gasteiger partial charge in [-0.05, 0) is 39.0 Å². The third-order valence-corrected chi connectivity index (χ3v) is 5.80. The molecule has 2 rings (SSSR count). The molecule has 2 heterocycles. The van der Waals surface area contributed by atoms with Crippen LogP contribution < -0.4 is 10.6 Å². The maximum absolute atomic E-state index is 4.51. The topological polar surface area (TPSA) is 52.6 Å². The van der Waals surface area contributed by atoms with Crippen LogP contribution in [0.15, 0.2) is 10.4 Å². The van der Waals surface area contributed by atoms with Gasteiger partial charge in [-0.3, -0.25) is 9.89 Å². The predicted octanol–water partition coefficient (Wildman–Crippen LogP) is 3.53. The lowest BCUT2D eigenvalue weighted by molar-refractivity contribution is 0.0483. The first-order chi connectivity index (χ1) is 11.8. The number of thiazole rings is 1. The van der Waals surface area contributed by atoms with E-state index in [0.717, 1.165) is 48.0 Å². The van der Waals surface area contributed by atoms with Crippen LogP contribution >= 0.6 is 35.3 Å².